The van der Waals surface area contributed by atoms with Gasteiger partial charge in [-0.1, -0.05) is 6.08 Å². The van der Waals surface area contributed by atoms with Gasteiger partial charge in [0, 0.05) is 19.3 Å². The van der Waals surface area contributed by atoms with Gasteiger partial charge in [-0.3, -0.25) is 0 Å². The SMILES string of the molecule is C/C=C/N[C@H](C)C1CCOCC1. The maximum Gasteiger partial charge on any atom is 0.0469 e. The van der Waals surface area contributed by atoms with Crippen LogP contribution in [0.25, 0.3) is 0 Å². The summed E-state index contributed by atoms with van der Waals surface area (Å²) >= 11 is 0. The van der Waals surface area contributed by atoms with Crippen molar-refractivity contribution >= 4 is 0 Å². The maximum absolute atomic E-state index is 5.31. The minimum atomic E-state index is 0.588. The zero-order chi connectivity index (χ0) is 8.81. The van der Waals surface area contributed by atoms with Crippen molar-refractivity contribution in [2.45, 2.75) is 32.7 Å². The lowest BCUT2D eigenvalue weighted by Gasteiger charge is -2.27. The van der Waals surface area contributed by atoms with Crippen LogP contribution >= 0.6 is 0 Å². The highest BCUT2D eigenvalue weighted by Crippen LogP contribution is 2.18. The molecule has 70 valence electrons. The molecule has 1 aliphatic heterocycles. The van der Waals surface area contributed by atoms with E-state index in [0.29, 0.717) is 6.04 Å². The molecule has 0 unspecified atom stereocenters. The van der Waals surface area contributed by atoms with Crippen LogP contribution in [-0.2, 0) is 4.74 Å². The molecule has 0 amide bonds. The third kappa shape index (κ3) is 2.86. The molecule has 1 N–H and O–H groups in total. The fraction of sp³-hybridized carbons (Fsp3) is 0.800. The summed E-state index contributed by atoms with van der Waals surface area (Å²) < 4.78 is 5.31. The number of hydrogen-bond acceptors (Lipinski definition) is 2. The fourth-order valence-electron chi connectivity index (χ4n) is 1.60. The molecule has 0 saturated carbocycles. The van der Waals surface area contributed by atoms with E-state index < -0.39 is 0 Å². The van der Waals surface area contributed by atoms with E-state index in [0.717, 1.165) is 19.1 Å². The molecule has 1 saturated heterocycles. The molecule has 1 rings (SSSR count). The summed E-state index contributed by atoms with van der Waals surface area (Å²) in [6, 6.07) is 0.588. The number of hydrogen-bond donors (Lipinski definition) is 1. The lowest BCUT2D eigenvalue weighted by atomic mass is 9.93. The van der Waals surface area contributed by atoms with Crippen molar-refractivity contribution in [3.05, 3.63) is 12.3 Å². The highest BCUT2D eigenvalue weighted by atomic mass is 16.5. The van der Waals surface area contributed by atoms with Gasteiger partial charge in [0.2, 0.25) is 0 Å². The Bertz CT molecular complexity index is 139. The lowest BCUT2D eigenvalue weighted by Crippen LogP contribution is -2.33. The molecule has 1 heterocycles. The molecule has 1 aliphatic rings. The van der Waals surface area contributed by atoms with Crippen LogP contribution in [-0.4, -0.2) is 19.3 Å². The molecule has 0 aliphatic carbocycles. The summed E-state index contributed by atoms with van der Waals surface area (Å²) in [7, 11) is 0. The zero-order valence-electron chi connectivity index (χ0n) is 8.05. The van der Waals surface area contributed by atoms with E-state index in [1.165, 1.54) is 12.8 Å². The standard InChI is InChI=1S/C10H19NO/c1-3-6-11-9(2)10-4-7-12-8-5-10/h3,6,9-11H,4-5,7-8H2,1-2H3/b6-3+/t9-/m1/s1. The highest BCUT2D eigenvalue weighted by molar-refractivity contribution is 4.82. The van der Waals surface area contributed by atoms with Crippen molar-refractivity contribution in [2.75, 3.05) is 13.2 Å². The Balaban J connectivity index is 2.24. The first-order chi connectivity index (χ1) is 5.84. The van der Waals surface area contributed by atoms with Gasteiger partial charge < -0.3 is 10.1 Å². The minimum absolute atomic E-state index is 0.588. The van der Waals surface area contributed by atoms with Crippen LogP contribution in [0.5, 0.6) is 0 Å². The highest BCUT2D eigenvalue weighted by Gasteiger charge is 2.18. The molecule has 0 spiro atoms. The average molecular weight is 169 g/mol. The van der Waals surface area contributed by atoms with Crippen LogP contribution in [0.1, 0.15) is 26.7 Å². The monoisotopic (exact) mass is 169 g/mol. The Morgan fingerprint density at radius 1 is 1.42 bits per heavy atom. The number of allylic oxidation sites excluding steroid dienone is 1. The van der Waals surface area contributed by atoms with Crippen molar-refractivity contribution in [1.82, 2.24) is 5.32 Å². The molecule has 0 aromatic rings. The van der Waals surface area contributed by atoms with E-state index in [-0.39, 0.29) is 0 Å². The molecular formula is C10H19NO. The van der Waals surface area contributed by atoms with Gasteiger partial charge >= 0.3 is 0 Å². The Morgan fingerprint density at radius 2 is 2.08 bits per heavy atom. The Hall–Kier alpha value is -0.500. The molecule has 0 radical (unpaired) electrons. The third-order valence-electron chi connectivity index (χ3n) is 2.50. The van der Waals surface area contributed by atoms with E-state index in [1.807, 2.05) is 19.2 Å². The van der Waals surface area contributed by atoms with Crippen LogP contribution in [0, 0.1) is 5.92 Å². The van der Waals surface area contributed by atoms with Crippen LogP contribution < -0.4 is 5.32 Å². The second kappa shape index (κ2) is 5.20. The first-order valence-corrected chi connectivity index (χ1v) is 4.79. The van der Waals surface area contributed by atoms with Crippen LogP contribution in [0.2, 0.25) is 0 Å². The van der Waals surface area contributed by atoms with Crippen LogP contribution in [0.3, 0.4) is 0 Å². The largest absolute Gasteiger partial charge is 0.388 e. The van der Waals surface area contributed by atoms with E-state index >= 15 is 0 Å². The van der Waals surface area contributed by atoms with Crippen molar-refractivity contribution in [1.29, 1.82) is 0 Å². The summed E-state index contributed by atoms with van der Waals surface area (Å²) in [6.45, 7) is 6.15. The summed E-state index contributed by atoms with van der Waals surface area (Å²) in [5.41, 5.74) is 0. The molecule has 1 fully saturated rings. The van der Waals surface area contributed by atoms with Crippen molar-refractivity contribution in [3.8, 4) is 0 Å². The van der Waals surface area contributed by atoms with Gasteiger partial charge in [0.15, 0.2) is 0 Å². The summed E-state index contributed by atoms with van der Waals surface area (Å²) in [5, 5.41) is 3.37. The Morgan fingerprint density at radius 3 is 2.67 bits per heavy atom. The molecule has 0 bridgehead atoms. The quantitative estimate of drug-likeness (QED) is 0.697. The number of rotatable bonds is 3. The summed E-state index contributed by atoms with van der Waals surface area (Å²) in [4.78, 5) is 0. The second-order valence-corrected chi connectivity index (χ2v) is 3.41. The van der Waals surface area contributed by atoms with Gasteiger partial charge in [-0.15, -0.1) is 0 Å². The first-order valence-electron chi connectivity index (χ1n) is 4.79. The predicted octanol–water partition coefficient (Wildman–Crippen LogP) is 1.92. The molecule has 12 heavy (non-hydrogen) atoms. The smallest absolute Gasteiger partial charge is 0.0469 e. The second-order valence-electron chi connectivity index (χ2n) is 3.41. The molecule has 2 nitrogen and oxygen atoms in total. The lowest BCUT2D eigenvalue weighted by molar-refractivity contribution is 0.0576. The third-order valence-corrected chi connectivity index (χ3v) is 2.50. The number of nitrogens with one attached hydrogen (secondary N) is 1. The van der Waals surface area contributed by atoms with Gasteiger partial charge in [0.25, 0.3) is 0 Å². The predicted molar refractivity (Wildman–Crippen MR) is 51.0 cm³/mol. The Kier molecular flexibility index (Phi) is 4.15. The van der Waals surface area contributed by atoms with Crippen molar-refractivity contribution in [3.63, 3.8) is 0 Å². The van der Waals surface area contributed by atoms with E-state index in [1.54, 1.807) is 0 Å². The van der Waals surface area contributed by atoms with Gasteiger partial charge in [0.1, 0.15) is 0 Å². The first kappa shape index (κ1) is 9.59. The van der Waals surface area contributed by atoms with Crippen molar-refractivity contribution < 1.29 is 4.74 Å². The van der Waals surface area contributed by atoms with E-state index in [4.69, 9.17) is 4.74 Å². The minimum Gasteiger partial charge on any atom is -0.388 e. The Labute approximate surface area is 75.0 Å². The fourth-order valence-corrected chi connectivity index (χ4v) is 1.60. The van der Waals surface area contributed by atoms with Gasteiger partial charge in [0.05, 0.1) is 0 Å². The van der Waals surface area contributed by atoms with E-state index in [2.05, 4.69) is 12.2 Å². The van der Waals surface area contributed by atoms with Crippen LogP contribution in [0.15, 0.2) is 12.3 Å². The maximum atomic E-state index is 5.31. The molecule has 2 heteroatoms. The molecular weight excluding hydrogens is 150 g/mol. The molecule has 0 aromatic carbocycles. The summed E-state index contributed by atoms with van der Waals surface area (Å²) in [5.74, 6) is 0.787. The summed E-state index contributed by atoms with van der Waals surface area (Å²) in [6.07, 6.45) is 6.47. The zero-order valence-corrected chi connectivity index (χ0v) is 8.05. The van der Waals surface area contributed by atoms with E-state index in [9.17, 15) is 0 Å². The van der Waals surface area contributed by atoms with Gasteiger partial charge in [-0.05, 0) is 38.8 Å². The van der Waals surface area contributed by atoms with Gasteiger partial charge in [-0.2, -0.15) is 0 Å². The average Bonchev–Trinajstić information content (AvgIpc) is 2.15. The molecule has 1 atom stereocenters. The van der Waals surface area contributed by atoms with Crippen molar-refractivity contribution in [2.24, 2.45) is 5.92 Å². The van der Waals surface area contributed by atoms with Crippen LogP contribution in [0.4, 0.5) is 0 Å². The van der Waals surface area contributed by atoms with Gasteiger partial charge in [-0.25, -0.2) is 0 Å². The molecule has 0 aromatic heterocycles. The topological polar surface area (TPSA) is 21.3 Å². The normalized spacial score (nSPS) is 22.8. The number of ether oxygens (including phenoxy) is 1.